The zero-order valence-corrected chi connectivity index (χ0v) is 18.8. The van der Waals surface area contributed by atoms with Crippen molar-refractivity contribution in [1.29, 1.82) is 0 Å². The standard InChI is InChI=1S/C23H25N5O3S/c1-4-12-28-20(14-21(29)24-17-9-7-8-16(2)13-17)26-27-23(28)32-15-22(30)25-18-10-5-6-11-19(18)31-3/h4-11,13H,1,12,14-15H2,2-3H3,(H,24,29)(H,25,30). The second-order valence-electron chi connectivity index (χ2n) is 6.93. The molecule has 2 amide bonds. The summed E-state index contributed by atoms with van der Waals surface area (Å²) in [6, 6.07) is 14.8. The number of aryl methyl sites for hydroxylation is 1. The molecule has 0 aliphatic carbocycles. The molecule has 2 aromatic carbocycles. The molecule has 1 heterocycles. The van der Waals surface area contributed by atoms with Crippen molar-refractivity contribution in [1.82, 2.24) is 14.8 Å². The number of rotatable bonds is 10. The minimum absolute atomic E-state index is 0.0583. The van der Waals surface area contributed by atoms with Gasteiger partial charge in [0, 0.05) is 12.2 Å². The lowest BCUT2D eigenvalue weighted by Crippen LogP contribution is -2.18. The van der Waals surface area contributed by atoms with E-state index in [1.807, 2.05) is 43.3 Å². The number of hydrogen-bond acceptors (Lipinski definition) is 6. The number of carbonyl (C=O) groups excluding carboxylic acids is 2. The highest BCUT2D eigenvalue weighted by molar-refractivity contribution is 7.99. The Morgan fingerprint density at radius 2 is 1.94 bits per heavy atom. The van der Waals surface area contributed by atoms with E-state index in [4.69, 9.17) is 4.74 Å². The van der Waals surface area contributed by atoms with E-state index in [2.05, 4.69) is 27.4 Å². The van der Waals surface area contributed by atoms with Gasteiger partial charge in [-0.15, -0.1) is 16.8 Å². The molecule has 8 nitrogen and oxygen atoms in total. The van der Waals surface area contributed by atoms with Gasteiger partial charge in [-0.2, -0.15) is 0 Å². The van der Waals surface area contributed by atoms with E-state index >= 15 is 0 Å². The van der Waals surface area contributed by atoms with Crippen LogP contribution >= 0.6 is 11.8 Å². The minimum Gasteiger partial charge on any atom is -0.495 e. The molecular weight excluding hydrogens is 426 g/mol. The third-order valence-electron chi connectivity index (χ3n) is 4.44. The summed E-state index contributed by atoms with van der Waals surface area (Å²) in [5, 5.41) is 14.6. The van der Waals surface area contributed by atoms with Gasteiger partial charge in [0.15, 0.2) is 5.16 Å². The van der Waals surface area contributed by atoms with E-state index in [1.165, 1.54) is 11.8 Å². The molecular formula is C23H25N5O3S. The lowest BCUT2D eigenvalue weighted by Gasteiger charge is -2.10. The van der Waals surface area contributed by atoms with E-state index < -0.39 is 0 Å². The van der Waals surface area contributed by atoms with Crippen LogP contribution in [0, 0.1) is 6.92 Å². The van der Waals surface area contributed by atoms with Crippen LogP contribution in [0.15, 0.2) is 66.3 Å². The molecule has 2 N–H and O–H groups in total. The van der Waals surface area contributed by atoms with Gasteiger partial charge in [-0.3, -0.25) is 9.59 Å². The lowest BCUT2D eigenvalue weighted by atomic mass is 10.2. The fourth-order valence-electron chi connectivity index (χ4n) is 3.00. The quantitative estimate of drug-likeness (QED) is 0.360. The number of allylic oxidation sites excluding steroid dienone is 1. The summed E-state index contributed by atoms with van der Waals surface area (Å²) in [5.41, 5.74) is 2.39. The van der Waals surface area contributed by atoms with Crippen LogP contribution in [0.2, 0.25) is 0 Å². The van der Waals surface area contributed by atoms with Gasteiger partial charge in [-0.05, 0) is 36.8 Å². The van der Waals surface area contributed by atoms with E-state index in [9.17, 15) is 9.59 Å². The molecule has 0 saturated heterocycles. The van der Waals surface area contributed by atoms with Crippen LogP contribution in [-0.2, 0) is 22.6 Å². The molecule has 0 saturated carbocycles. The summed E-state index contributed by atoms with van der Waals surface area (Å²) in [5.74, 6) is 0.818. The van der Waals surface area contributed by atoms with Gasteiger partial charge in [0.25, 0.3) is 0 Å². The van der Waals surface area contributed by atoms with Gasteiger partial charge < -0.3 is 19.9 Å². The number of carbonyl (C=O) groups is 2. The topological polar surface area (TPSA) is 98.1 Å². The van der Waals surface area contributed by atoms with Crippen molar-refractivity contribution in [3.63, 3.8) is 0 Å². The predicted octanol–water partition coefficient (Wildman–Crippen LogP) is 3.69. The summed E-state index contributed by atoms with van der Waals surface area (Å²) < 4.78 is 7.03. The molecule has 3 aromatic rings. The highest BCUT2D eigenvalue weighted by Crippen LogP contribution is 2.24. The number of nitrogens with zero attached hydrogens (tertiary/aromatic N) is 3. The van der Waals surface area contributed by atoms with E-state index in [-0.39, 0.29) is 24.0 Å². The molecule has 0 aliphatic rings. The zero-order chi connectivity index (χ0) is 22.9. The fraction of sp³-hybridized carbons (Fsp3) is 0.217. The third-order valence-corrected chi connectivity index (χ3v) is 5.41. The number of anilines is 2. The average Bonchev–Trinajstić information content (AvgIpc) is 3.14. The molecule has 1 aromatic heterocycles. The number of para-hydroxylation sites is 2. The second-order valence-corrected chi connectivity index (χ2v) is 7.87. The van der Waals surface area contributed by atoms with Gasteiger partial charge >= 0.3 is 0 Å². The van der Waals surface area contributed by atoms with E-state index in [0.717, 1.165) is 11.3 Å². The predicted molar refractivity (Wildman–Crippen MR) is 126 cm³/mol. The molecule has 0 unspecified atom stereocenters. The molecule has 0 spiro atoms. The smallest absolute Gasteiger partial charge is 0.234 e. The van der Waals surface area contributed by atoms with Gasteiger partial charge in [-0.25, -0.2) is 0 Å². The minimum atomic E-state index is -0.202. The number of methoxy groups -OCH3 is 1. The third kappa shape index (κ3) is 6.21. The second kappa shape index (κ2) is 11.1. The van der Waals surface area contributed by atoms with Crippen molar-refractivity contribution >= 4 is 35.0 Å². The Balaban J connectivity index is 1.63. The number of hydrogen-bond donors (Lipinski definition) is 2. The van der Waals surface area contributed by atoms with Crippen LogP contribution in [0.3, 0.4) is 0 Å². The Morgan fingerprint density at radius 1 is 1.12 bits per heavy atom. The zero-order valence-electron chi connectivity index (χ0n) is 18.0. The van der Waals surface area contributed by atoms with Crippen LogP contribution in [-0.4, -0.2) is 39.4 Å². The first kappa shape index (κ1) is 23.1. The summed E-state index contributed by atoms with van der Waals surface area (Å²) in [7, 11) is 1.55. The molecule has 0 aliphatic heterocycles. The van der Waals surface area contributed by atoms with Gasteiger partial charge in [0.05, 0.1) is 25.0 Å². The van der Waals surface area contributed by atoms with Crippen LogP contribution in [0.5, 0.6) is 5.75 Å². The molecule has 32 heavy (non-hydrogen) atoms. The Labute approximate surface area is 191 Å². The number of benzene rings is 2. The summed E-state index contributed by atoms with van der Waals surface area (Å²) >= 11 is 1.24. The number of amides is 2. The van der Waals surface area contributed by atoms with Crippen molar-refractivity contribution in [2.24, 2.45) is 0 Å². The molecule has 9 heteroatoms. The molecule has 0 bridgehead atoms. The fourth-order valence-corrected chi connectivity index (χ4v) is 3.77. The molecule has 0 atom stereocenters. The maximum absolute atomic E-state index is 12.5. The highest BCUT2D eigenvalue weighted by Gasteiger charge is 2.17. The Morgan fingerprint density at radius 3 is 2.69 bits per heavy atom. The van der Waals surface area contributed by atoms with Crippen LogP contribution in [0.4, 0.5) is 11.4 Å². The summed E-state index contributed by atoms with van der Waals surface area (Å²) in [6.07, 6.45) is 1.76. The molecule has 0 fully saturated rings. The van der Waals surface area contributed by atoms with Crippen molar-refractivity contribution in [3.05, 3.63) is 72.6 Å². The molecule has 166 valence electrons. The van der Waals surface area contributed by atoms with E-state index in [0.29, 0.717) is 29.0 Å². The summed E-state index contributed by atoms with van der Waals surface area (Å²) in [6.45, 7) is 6.15. The monoisotopic (exact) mass is 451 g/mol. The first-order chi connectivity index (χ1) is 15.5. The number of aromatic nitrogens is 3. The normalized spacial score (nSPS) is 10.4. The van der Waals surface area contributed by atoms with Crippen LogP contribution in [0.25, 0.3) is 0 Å². The Bertz CT molecular complexity index is 1110. The number of nitrogens with one attached hydrogen (secondary N) is 2. The largest absolute Gasteiger partial charge is 0.495 e. The average molecular weight is 452 g/mol. The van der Waals surface area contributed by atoms with Crippen LogP contribution < -0.4 is 15.4 Å². The summed E-state index contributed by atoms with van der Waals surface area (Å²) in [4.78, 5) is 24.9. The SMILES string of the molecule is C=CCn1c(CC(=O)Nc2cccc(C)c2)nnc1SCC(=O)Nc1ccccc1OC. The van der Waals surface area contributed by atoms with Crippen LogP contribution in [0.1, 0.15) is 11.4 Å². The van der Waals surface area contributed by atoms with Crippen molar-refractivity contribution in [2.75, 3.05) is 23.5 Å². The first-order valence-electron chi connectivity index (χ1n) is 9.95. The van der Waals surface area contributed by atoms with Crippen molar-refractivity contribution in [2.45, 2.75) is 25.0 Å². The first-order valence-corrected chi connectivity index (χ1v) is 10.9. The van der Waals surface area contributed by atoms with Gasteiger partial charge in [0.1, 0.15) is 11.6 Å². The van der Waals surface area contributed by atoms with Gasteiger partial charge in [-0.1, -0.05) is 42.1 Å². The number of ether oxygens (including phenoxy) is 1. The molecule has 3 rings (SSSR count). The lowest BCUT2D eigenvalue weighted by molar-refractivity contribution is -0.116. The highest BCUT2D eigenvalue weighted by atomic mass is 32.2. The Hall–Kier alpha value is -3.59. The van der Waals surface area contributed by atoms with E-state index in [1.54, 1.807) is 29.9 Å². The van der Waals surface area contributed by atoms with Gasteiger partial charge in [0.2, 0.25) is 11.8 Å². The van der Waals surface area contributed by atoms with Crippen molar-refractivity contribution in [3.8, 4) is 5.75 Å². The maximum atomic E-state index is 12.5. The number of thioether (sulfide) groups is 1. The molecule has 0 radical (unpaired) electrons. The maximum Gasteiger partial charge on any atom is 0.234 e. The Kier molecular flexibility index (Phi) is 8.04. The van der Waals surface area contributed by atoms with Crippen molar-refractivity contribution < 1.29 is 14.3 Å².